The number of likely N-dealkylation sites (tertiary alicyclic amines) is 1. The molecule has 1 aromatic carbocycles. The zero-order valence-electron chi connectivity index (χ0n) is 25.0. The molecule has 0 radical (unpaired) electrons. The number of hydrogen-bond acceptors (Lipinski definition) is 6. The Balaban J connectivity index is 1.50. The highest BCUT2D eigenvalue weighted by Gasteiger charge is 2.32. The van der Waals surface area contributed by atoms with Crippen LogP contribution in [0.5, 0.6) is 5.75 Å². The van der Waals surface area contributed by atoms with Crippen LogP contribution in [0.2, 0.25) is 0 Å². The number of aryl methyl sites for hydroxylation is 2. The van der Waals surface area contributed by atoms with E-state index in [2.05, 4.69) is 30.9 Å². The van der Waals surface area contributed by atoms with E-state index in [9.17, 15) is 13.2 Å². The number of ether oxygens (including phenoxy) is 2. The quantitative estimate of drug-likeness (QED) is 0.296. The maximum absolute atomic E-state index is 13.2. The predicted molar refractivity (Wildman–Crippen MR) is 156 cm³/mol. The Kier molecular flexibility index (Phi) is 11.0. The van der Waals surface area contributed by atoms with Crippen molar-refractivity contribution in [2.75, 3.05) is 60.6 Å². The average molecular weight is 564 g/mol. The largest absolute Gasteiger partial charge is 0.497 e. The Morgan fingerprint density at radius 1 is 1.08 bits per heavy atom. The zero-order valence-corrected chi connectivity index (χ0v) is 25.8. The summed E-state index contributed by atoms with van der Waals surface area (Å²) in [7, 11) is 1.23. The normalized spacial score (nSPS) is 22.1. The molecule has 1 fully saturated rings. The van der Waals surface area contributed by atoms with Crippen LogP contribution in [0, 0.1) is 25.2 Å². The first kappa shape index (κ1) is 31.6. The third-order valence-electron chi connectivity index (χ3n) is 8.53. The lowest BCUT2D eigenvalue weighted by Gasteiger charge is -2.38. The van der Waals surface area contributed by atoms with Crippen molar-refractivity contribution < 1.29 is 22.7 Å². The smallest absolute Gasteiger partial charge is 0.248 e. The fraction of sp³-hybridized carbons (Fsp3) is 0.700. The van der Waals surface area contributed by atoms with Crippen LogP contribution < -0.4 is 4.74 Å². The number of allylic oxidation sites excluding steroid dienone is 1. The Morgan fingerprint density at radius 3 is 2.33 bits per heavy atom. The van der Waals surface area contributed by atoms with Crippen LogP contribution in [-0.2, 0) is 19.6 Å². The molecule has 0 aromatic heterocycles. The molecule has 0 saturated carbocycles. The molecule has 1 aliphatic heterocycles. The van der Waals surface area contributed by atoms with Crippen molar-refractivity contribution in [3.63, 3.8) is 0 Å². The number of sulfonamides is 1. The van der Waals surface area contributed by atoms with E-state index in [1.165, 1.54) is 37.3 Å². The lowest BCUT2D eigenvalue weighted by Crippen LogP contribution is -2.41. The molecular formula is C30H49N3O5S. The summed E-state index contributed by atoms with van der Waals surface area (Å²) in [4.78, 5) is 17.6. The van der Waals surface area contributed by atoms with Crippen LogP contribution in [0.1, 0.15) is 57.1 Å². The Hall–Kier alpha value is -1.94. The van der Waals surface area contributed by atoms with Gasteiger partial charge in [0.05, 0.1) is 18.6 Å². The SMILES string of the molecule is COc1cc(C)c(S(=O)(=O)N(C)CCOCC(=O)N(C)C2C=CC(C)(C)[C@@H](CN3CCCC3)CCC2)c(C)c1. The standard InChI is InChI=1S/C30H49N3O5S/c1-23-19-27(37-7)20-24(2)29(23)39(35,36)31(5)17-18-38-22-28(34)32(6)26-12-10-11-25(30(3,4)14-13-26)21-33-15-8-9-16-33/h13-14,19-20,25-26H,8-12,15-18,21-22H2,1-7H3/t25-,26?/m1/s1. The second kappa shape index (κ2) is 13.6. The van der Waals surface area contributed by atoms with Gasteiger partial charge < -0.3 is 19.3 Å². The Bertz CT molecular complexity index is 1090. The van der Waals surface area contributed by atoms with E-state index in [0.717, 1.165) is 25.8 Å². The lowest BCUT2D eigenvalue weighted by atomic mass is 9.73. The van der Waals surface area contributed by atoms with Gasteiger partial charge in [-0.1, -0.05) is 32.4 Å². The molecule has 1 saturated heterocycles. The summed E-state index contributed by atoms with van der Waals surface area (Å²) >= 11 is 0. The minimum Gasteiger partial charge on any atom is -0.497 e. The van der Waals surface area contributed by atoms with Crippen molar-refractivity contribution in [1.82, 2.24) is 14.1 Å². The van der Waals surface area contributed by atoms with Crippen LogP contribution in [0.25, 0.3) is 0 Å². The minimum absolute atomic E-state index is 0.0391. The van der Waals surface area contributed by atoms with Crippen LogP contribution in [0.4, 0.5) is 0 Å². The maximum Gasteiger partial charge on any atom is 0.248 e. The first-order valence-electron chi connectivity index (χ1n) is 14.2. The average Bonchev–Trinajstić information content (AvgIpc) is 3.39. The third kappa shape index (κ3) is 8.06. The number of carbonyl (C=O) groups excluding carboxylic acids is 1. The summed E-state index contributed by atoms with van der Waals surface area (Å²) in [6, 6.07) is 3.48. The number of benzene rings is 1. The molecule has 1 unspecified atom stereocenters. The first-order valence-corrected chi connectivity index (χ1v) is 15.7. The first-order chi connectivity index (χ1) is 18.4. The van der Waals surface area contributed by atoms with Gasteiger partial charge in [0.15, 0.2) is 0 Å². The van der Waals surface area contributed by atoms with Crippen molar-refractivity contribution in [1.29, 1.82) is 0 Å². The van der Waals surface area contributed by atoms with Crippen LogP contribution >= 0.6 is 0 Å². The van der Waals surface area contributed by atoms with E-state index in [0.29, 0.717) is 22.8 Å². The van der Waals surface area contributed by atoms with Gasteiger partial charge in [-0.3, -0.25) is 4.79 Å². The molecule has 9 heteroatoms. The number of amides is 1. The van der Waals surface area contributed by atoms with E-state index in [4.69, 9.17) is 9.47 Å². The number of likely N-dealkylation sites (N-methyl/N-ethyl adjacent to an activating group) is 2. The molecule has 0 spiro atoms. The highest BCUT2D eigenvalue weighted by Crippen LogP contribution is 2.36. The van der Waals surface area contributed by atoms with E-state index in [1.54, 1.807) is 38.0 Å². The van der Waals surface area contributed by atoms with E-state index < -0.39 is 10.0 Å². The fourth-order valence-corrected chi connectivity index (χ4v) is 7.37. The van der Waals surface area contributed by atoms with Gasteiger partial charge in [0, 0.05) is 33.2 Å². The van der Waals surface area contributed by atoms with Crippen molar-refractivity contribution in [3.05, 3.63) is 35.4 Å². The van der Waals surface area contributed by atoms with Crippen LogP contribution in [0.3, 0.4) is 0 Å². The zero-order chi connectivity index (χ0) is 28.8. The molecule has 0 N–H and O–H groups in total. The van der Waals surface area contributed by atoms with Crippen molar-refractivity contribution in [2.45, 2.75) is 70.7 Å². The molecule has 1 heterocycles. The Morgan fingerprint density at radius 2 is 1.72 bits per heavy atom. The number of carbonyl (C=O) groups is 1. The molecular weight excluding hydrogens is 514 g/mol. The topological polar surface area (TPSA) is 79.4 Å². The third-order valence-corrected chi connectivity index (χ3v) is 10.7. The predicted octanol–water partition coefficient (Wildman–Crippen LogP) is 4.25. The van der Waals surface area contributed by atoms with Crippen LogP contribution in [0.15, 0.2) is 29.2 Å². The molecule has 0 bridgehead atoms. The molecule has 1 amide bonds. The number of nitrogens with zero attached hydrogens (tertiary/aromatic N) is 3. The lowest BCUT2D eigenvalue weighted by molar-refractivity contribution is -0.136. The summed E-state index contributed by atoms with van der Waals surface area (Å²) in [5.41, 5.74) is 1.35. The second-order valence-electron chi connectivity index (χ2n) is 11.9. The molecule has 39 heavy (non-hydrogen) atoms. The van der Waals surface area contributed by atoms with Gasteiger partial charge >= 0.3 is 0 Å². The molecule has 3 rings (SSSR count). The highest BCUT2D eigenvalue weighted by atomic mass is 32.2. The van der Waals surface area contributed by atoms with Gasteiger partial charge in [0.2, 0.25) is 15.9 Å². The molecule has 220 valence electrons. The number of methoxy groups -OCH3 is 1. The van der Waals surface area contributed by atoms with Gasteiger partial charge in [0.1, 0.15) is 12.4 Å². The summed E-state index contributed by atoms with van der Waals surface area (Å²) < 4.78 is 38.6. The van der Waals surface area contributed by atoms with Gasteiger partial charge in [-0.2, -0.15) is 4.31 Å². The summed E-state index contributed by atoms with van der Waals surface area (Å²) in [5.74, 6) is 1.15. The number of rotatable bonds is 11. The van der Waals surface area contributed by atoms with Crippen molar-refractivity contribution in [2.24, 2.45) is 11.3 Å². The molecule has 1 aliphatic carbocycles. The molecule has 8 nitrogen and oxygen atoms in total. The summed E-state index contributed by atoms with van der Waals surface area (Å²) in [6.07, 6.45) is 10.3. The monoisotopic (exact) mass is 563 g/mol. The van der Waals surface area contributed by atoms with Gasteiger partial charge in [-0.25, -0.2) is 8.42 Å². The minimum atomic E-state index is -3.70. The summed E-state index contributed by atoms with van der Waals surface area (Å²) in [5, 5.41) is 0. The fourth-order valence-electron chi connectivity index (χ4n) is 5.81. The van der Waals surface area contributed by atoms with Gasteiger partial charge in [-0.15, -0.1) is 0 Å². The van der Waals surface area contributed by atoms with Gasteiger partial charge in [-0.05, 0) is 87.2 Å². The molecule has 2 aliphatic rings. The number of hydrogen-bond donors (Lipinski definition) is 0. The maximum atomic E-state index is 13.2. The van der Waals surface area contributed by atoms with E-state index in [-0.39, 0.29) is 42.0 Å². The Labute approximate surface area is 236 Å². The molecule has 1 aromatic rings. The summed E-state index contributed by atoms with van der Waals surface area (Å²) in [6.45, 7) is 12.0. The van der Waals surface area contributed by atoms with Crippen molar-refractivity contribution >= 4 is 15.9 Å². The van der Waals surface area contributed by atoms with E-state index in [1.807, 2.05) is 7.05 Å². The second-order valence-corrected chi connectivity index (χ2v) is 13.8. The van der Waals surface area contributed by atoms with E-state index >= 15 is 0 Å². The van der Waals surface area contributed by atoms with Crippen LogP contribution in [-0.4, -0.2) is 95.1 Å². The van der Waals surface area contributed by atoms with Crippen molar-refractivity contribution in [3.8, 4) is 5.75 Å². The highest BCUT2D eigenvalue weighted by molar-refractivity contribution is 7.89. The van der Waals surface area contributed by atoms with Gasteiger partial charge in [0.25, 0.3) is 0 Å². The molecule has 2 atom stereocenters.